The molecule has 0 saturated carbocycles. The van der Waals surface area contributed by atoms with Gasteiger partial charge < -0.3 is 14.7 Å². The van der Waals surface area contributed by atoms with E-state index in [4.69, 9.17) is 4.74 Å². The first-order valence-corrected chi connectivity index (χ1v) is 7.90. The topological polar surface area (TPSA) is 49.8 Å². The molecular weight excluding hydrogens is 266 g/mol. The van der Waals surface area contributed by atoms with Crippen LogP contribution in [0.15, 0.2) is 18.2 Å². The summed E-state index contributed by atoms with van der Waals surface area (Å²) in [5.74, 6) is 1.00. The molecule has 0 aliphatic carbocycles. The third-order valence-corrected chi connectivity index (χ3v) is 4.44. The van der Waals surface area contributed by atoms with Gasteiger partial charge in [-0.1, -0.05) is 0 Å². The average Bonchev–Trinajstić information content (AvgIpc) is 2.94. The molecule has 0 spiro atoms. The van der Waals surface area contributed by atoms with E-state index in [1.807, 2.05) is 23.1 Å². The van der Waals surface area contributed by atoms with E-state index in [2.05, 4.69) is 0 Å². The number of likely N-dealkylation sites (tertiary alicyclic amines) is 1. The van der Waals surface area contributed by atoms with Crippen LogP contribution >= 0.6 is 0 Å². The van der Waals surface area contributed by atoms with Crippen LogP contribution in [0.5, 0.6) is 5.75 Å². The Balaban J connectivity index is 1.79. The van der Waals surface area contributed by atoms with E-state index in [1.165, 1.54) is 0 Å². The van der Waals surface area contributed by atoms with E-state index in [9.17, 15) is 9.90 Å². The lowest BCUT2D eigenvalue weighted by atomic mass is 9.96. The molecule has 2 atom stereocenters. The predicted octanol–water partition coefficient (Wildman–Crippen LogP) is 2.39. The highest BCUT2D eigenvalue weighted by Crippen LogP contribution is 2.28. The molecular formula is C17H23NO3. The average molecular weight is 289 g/mol. The largest absolute Gasteiger partial charge is 0.493 e. The van der Waals surface area contributed by atoms with E-state index >= 15 is 0 Å². The Labute approximate surface area is 125 Å². The van der Waals surface area contributed by atoms with E-state index in [-0.39, 0.29) is 18.1 Å². The zero-order chi connectivity index (χ0) is 14.8. The van der Waals surface area contributed by atoms with Crippen LogP contribution in [-0.4, -0.2) is 41.2 Å². The zero-order valence-electron chi connectivity index (χ0n) is 12.5. The molecule has 2 unspecified atom stereocenters. The highest BCUT2D eigenvalue weighted by atomic mass is 16.5. The van der Waals surface area contributed by atoms with Crippen molar-refractivity contribution in [1.29, 1.82) is 0 Å². The van der Waals surface area contributed by atoms with Gasteiger partial charge in [-0.3, -0.25) is 4.79 Å². The van der Waals surface area contributed by atoms with Gasteiger partial charge in [-0.2, -0.15) is 0 Å². The monoisotopic (exact) mass is 289 g/mol. The van der Waals surface area contributed by atoms with Crippen LogP contribution < -0.4 is 4.74 Å². The molecule has 1 amide bonds. The van der Waals surface area contributed by atoms with Crippen LogP contribution in [0.1, 0.15) is 48.5 Å². The molecule has 0 aromatic heterocycles. The molecule has 3 rings (SSSR count). The number of piperidine rings is 1. The number of amides is 1. The van der Waals surface area contributed by atoms with Gasteiger partial charge in [0.15, 0.2) is 0 Å². The molecule has 4 heteroatoms. The van der Waals surface area contributed by atoms with Crippen LogP contribution in [0.4, 0.5) is 0 Å². The van der Waals surface area contributed by atoms with Gasteiger partial charge >= 0.3 is 0 Å². The summed E-state index contributed by atoms with van der Waals surface area (Å²) in [6.45, 7) is 3.30. The van der Waals surface area contributed by atoms with Crippen molar-refractivity contribution in [2.45, 2.75) is 51.2 Å². The lowest BCUT2D eigenvalue weighted by molar-refractivity contribution is 0.0515. The fourth-order valence-electron chi connectivity index (χ4n) is 3.39. The van der Waals surface area contributed by atoms with Crippen molar-refractivity contribution in [3.05, 3.63) is 29.3 Å². The Morgan fingerprint density at radius 1 is 1.48 bits per heavy atom. The minimum absolute atomic E-state index is 0.0926. The van der Waals surface area contributed by atoms with Gasteiger partial charge in [0, 0.05) is 24.6 Å². The van der Waals surface area contributed by atoms with Crippen LogP contribution in [-0.2, 0) is 6.42 Å². The Kier molecular flexibility index (Phi) is 4.15. The summed E-state index contributed by atoms with van der Waals surface area (Å²) in [4.78, 5) is 14.7. The van der Waals surface area contributed by atoms with Crippen LogP contribution in [0, 0.1) is 0 Å². The van der Waals surface area contributed by atoms with Gasteiger partial charge in [-0.15, -0.1) is 0 Å². The standard InChI is InChI=1S/C17H23NO3/c1-12(19)10-15-4-2-3-8-18(15)17(20)14-5-6-16-13(11-14)7-9-21-16/h5-6,11-12,15,19H,2-4,7-10H2,1H3. The van der Waals surface area contributed by atoms with Crippen LogP contribution in [0.25, 0.3) is 0 Å². The first kappa shape index (κ1) is 14.4. The van der Waals surface area contributed by atoms with Crippen molar-refractivity contribution in [2.24, 2.45) is 0 Å². The lowest BCUT2D eigenvalue weighted by Crippen LogP contribution is -2.45. The third kappa shape index (κ3) is 3.05. The van der Waals surface area contributed by atoms with Crippen molar-refractivity contribution < 1.29 is 14.6 Å². The number of ether oxygens (including phenoxy) is 1. The molecule has 2 aliphatic heterocycles. The Hall–Kier alpha value is -1.55. The normalized spacial score (nSPS) is 22.6. The van der Waals surface area contributed by atoms with Crippen molar-refractivity contribution in [3.63, 3.8) is 0 Å². The van der Waals surface area contributed by atoms with E-state index in [0.717, 1.165) is 49.1 Å². The number of fused-ring (bicyclic) bond motifs is 1. The van der Waals surface area contributed by atoms with E-state index in [1.54, 1.807) is 6.92 Å². The fraction of sp³-hybridized carbons (Fsp3) is 0.588. The zero-order valence-corrected chi connectivity index (χ0v) is 12.5. The van der Waals surface area contributed by atoms with Gasteiger partial charge in [0.1, 0.15) is 5.75 Å². The quantitative estimate of drug-likeness (QED) is 0.929. The maximum absolute atomic E-state index is 12.8. The first-order valence-electron chi connectivity index (χ1n) is 7.90. The fourth-order valence-corrected chi connectivity index (χ4v) is 3.39. The van der Waals surface area contributed by atoms with Gasteiger partial charge in [-0.25, -0.2) is 0 Å². The van der Waals surface area contributed by atoms with Gasteiger partial charge in [0.05, 0.1) is 12.7 Å². The lowest BCUT2D eigenvalue weighted by Gasteiger charge is -2.36. The second kappa shape index (κ2) is 6.06. The third-order valence-electron chi connectivity index (χ3n) is 4.44. The number of aliphatic hydroxyl groups is 1. The highest BCUT2D eigenvalue weighted by molar-refractivity contribution is 5.95. The molecule has 1 fully saturated rings. The van der Waals surface area contributed by atoms with Crippen molar-refractivity contribution in [1.82, 2.24) is 4.90 Å². The van der Waals surface area contributed by atoms with Crippen molar-refractivity contribution in [3.8, 4) is 5.75 Å². The molecule has 1 aromatic carbocycles. The highest BCUT2D eigenvalue weighted by Gasteiger charge is 2.29. The van der Waals surface area contributed by atoms with E-state index < -0.39 is 0 Å². The van der Waals surface area contributed by atoms with Gasteiger partial charge in [0.2, 0.25) is 0 Å². The number of benzene rings is 1. The number of carbonyl (C=O) groups excluding carboxylic acids is 1. The maximum Gasteiger partial charge on any atom is 0.254 e. The summed E-state index contributed by atoms with van der Waals surface area (Å²) in [5.41, 5.74) is 1.88. The van der Waals surface area contributed by atoms with Crippen LogP contribution in [0.2, 0.25) is 0 Å². The van der Waals surface area contributed by atoms with Gasteiger partial charge in [-0.05, 0) is 56.4 Å². The second-order valence-corrected chi connectivity index (χ2v) is 6.15. The minimum Gasteiger partial charge on any atom is -0.493 e. The summed E-state index contributed by atoms with van der Waals surface area (Å²) in [7, 11) is 0. The molecule has 0 radical (unpaired) electrons. The summed E-state index contributed by atoms with van der Waals surface area (Å²) in [6, 6.07) is 5.90. The Morgan fingerprint density at radius 3 is 3.14 bits per heavy atom. The van der Waals surface area contributed by atoms with Crippen LogP contribution in [0.3, 0.4) is 0 Å². The second-order valence-electron chi connectivity index (χ2n) is 6.15. The van der Waals surface area contributed by atoms with E-state index in [0.29, 0.717) is 13.0 Å². The number of aliphatic hydroxyl groups excluding tert-OH is 1. The number of nitrogens with zero attached hydrogens (tertiary/aromatic N) is 1. The molecule has 1 saturated heterocycles. The summed E-state index contributed by atoms with van der Waals surface area (Å²) in [6.07, 6.45) is 4.37. The summed E-state index contributed by atoms with van der Waals surface area (Å²) in [5, 5.41) is 9.65. The molecule has 21 heavy (non-hydrogen) atoms. The van der Waals surface area contributed by atoms with Gasteiger partial charge in [0.25, 0.3) is 5.91 Å². The molecule has 1 N–H and O–H groups in total. The number of hydrogen-bond acceptors (Lipinski definition) is 3. The Morgan fingerprint density at radius 2 is 2.33 bits per heavy atom. The predicted molar refractivity (Wildman–Crippen MR) is 80.6 cm³/mol. The smallest absolute Gasteiger partial charge is 0.254 e. The molecule has 114 valence electrons. The first-order chi connectivity index (χ1) is 10.1. The maximum atomic E-state index is 12.8. The number of carbonyl (C=O) groups is 1. The number of rotatable bonds is 3. The van der Waals surface area contributed by atoms with Crippen molar-refractivity contribution in [2.75, 3.05) is 13.2 Å². The summed E-state index contributed by atoms with van der Waals surface area (Å²) < 4.78 is 5.49. The molecule has 4 nitrogen and oxygen atoms in total. The Bertz CT molecular complexity index is 527. The van der Waals surface area contributed by atoms with Crippen molar-refractivity contribution >= 4 is 5.91 Å². The molecule has 2 aliphatic rings. The minimum atomic E-state index is -0.364. The summed E-state index contributed by atoms with van der Waals surface area (Å²) >= 11 is 0. The number of hydrogen-bond donors (Lipinski definition) is 1. The SMILES string of the molecule is CC(O)CC1CCCCN1C(=O)c1ccc2c(c1)CCO2. The molecule has 1 aromatic rings. The molecule has 2 heterocycles. The molecule has 0 bridgehead atoms.